The summed E-state index contributed by atoms with van der Waals surface area (Å²) in [4.78, 5) is 0. The number of hydrogen-bond donors (Lipinski definition) is 1. The molecule has 0 saturated heterocycles. The van der Waals surface area contributed by atoms with Gasteiger partial charge in [0.25, 0.3) is 0 Å². The van der Waals surface area contributed by atoms with Crippen LogP contribution in [0.4, 0.5) is 5.69 Å². The standard InChI is InChI=1S/C43H28N2O2/c1-3-9-27(10-4-1)31-20-22-38-35(26-31)41-39(46-38)23-24-40-42(41)44-43(47-40)29-17-15-28(16-18-29)30-19-21-37-34(25-30)33-13-7-8-14-36(33)45(37)32-11-5-2-6-12-32/h1-26,43-44H. The average Bonchev–Trinajstić information content (AvgIpc) is 3.83. The zero-order valence-electron chi connectivity index (χ0n) is 25.4. The number of hydrogen-bond acceptors (Lipinski definition) is 3. The van der Waals surface area contributed by atoms with Gasteiger partial charge < -0.3 is 19.0 Å². The topological polar surface area (TPSA) is 39.3 Å². The number of aromatic nitrogens is 1. The maximum absolute atomic E-state index is 6.47. The average molecular weight is 605 g/mol. The zero-order chi connectivity index (χ0) is 30.9. The van der Waals surface area contributed by atoms with Crippen LogP contribution in [-0.4, -0.2) is 4.57 Å². The summed E-state index contributed by atoms with van der Waals surface area (Å²) in [6.07, 6.45) is -0.293. The highest BCUT2D eigenvalue weighted by Gasteiger charge is 2.27. The number of para-hydroxylation sites is 2. The van der Waals surface area contributed by atoms with Gasteiger partial charge in [-0.1, -0.05) is 103 Å². The first-order valence-corrected chi connectivity index (χ1v) is 16.0. The highest BCUT2D eigenvalue weighted by Crippen LogP contribution is 2.47. The van der Waals surface area contributed by atoms with E-state index in [1.807, 2.05) is 18.2 Å². The highest BCUT2D eigenvalue weighted by molar-refractivity contribution is 6.14. The van der Waals surface area contributed by atoms with Gasteiger partial charge in [0.05, 0.1) is 22.1 Å². The molecule has 1 atom stereocenters. The summed E-state index contributed by atoms with van der Waals surface area (Å²) >= 11 is 0. The third kappa shape index (κ3) is 4.08. The molecule has 1 aliphatic rings. The summed E-state index contributed by atoms with van der Waals surface area (Å²) in [6.45, 7) is 0. The third-order valence-corrected chi connectivity index (χ3v) is 9.46. The molecule has 0 spiro atoms. The van der Waals surface area contributed by atoms with E-state index >= 15 is 0 Å². The van der Waals surface area contributed by atoms with Crippen molar-refractivity contribution in [2.24, 2.45) is 0 Å². The smallest absolute Gasteiger partial charge is 0.196 e. The van der Waals surface area contributed by atoms with Crippen molar-refractivity contribution in [3.05, 3.63) is 163 Å². The predicted molar refractivity (Wildman–Crippen MR) is 192 cm³/mol. The minimum Gasteiger partial charge on any atom is -0.464 e. The van der Waals surface area contributed by atoms with Gasteiger partial charge in [0, 0.05) is 27.4 Å². The number of furan rings is 1. The van der Waals surface area contributed by atoms with E-state index in [1.165, 1.54) is 38.5 Å². The zero-order valence-corrected chi connectivity index (χ0v) is 25.4. The van der Waals surface area contributed by atoms with Gasteiger partial charge in [-0.05, 0) is 76.9 Å². The summed E-state index contributed by atoms with van der Waals surface area (Å²) in [5.74, 6) is 0.833. The van der Waals surface area contributed by atoms with E-state index in [-0.39, 0.29) is 6.23 Å². The van der Waals surface area contributed by atoms with Gasteiger partial charge >= 0.3 is 0 Å². The molecule has 0 fully saturated rings. The Bertz CT molecular complexity index is 2620. The van der Waals surface area contributed by atoms with E-state index < -0.39 is 0 Å². The summed E-state index contributed by atoms with van der Waals surface area (Å²) in [7, 11) is 0. The Morgan fingerprint density at radius 3 is 1.96 bits per heavy atom. The minimum absolute atomic E-state index is 0.293. The second kappa shape index (κ2) is 10.1. The van der Waals surface area contributed by atoms with Gasteiger partial charge in [0.1, 0.15) is 16.9 Å². The minimum atomic E-state index is -0.293. The number of nitrogens with zero attached hydrogens (tertiary/aromatic N) is 1. The normalized spacial score (nSPS) is 14.1. The SMILES string of the molecule is c1ccc(-c2ccc3oc4ccc5c(c4c3c2)NC(c2ccc(-c3ccc4c(c3)c3ccccc3n4-c3ccccc3)cc2)O5)cc1. The Morgan fingerprint density at radius 2 is 1.13 bits per heavy atom. The molecule has 7 aromatic carbocycles. The molecule has 0 amide bonds. The number of nitrogens with one attached hydrogen (secondary N) is 1. The largest absolute Gasteiger partial charge is 0.464 e. The fraction of sp³-hybridized carbons (Fsp3) is 0.0233. The first kappa shape index (κ1) is 26.0. The van der Waals surface area contributed by atoms with Gasteiger partial charge in [-0.15, -0.1) is 0 Å². The molecule has 3 heterocycles. The maximum Gasteiger partial charge on any atom is 0.196 e. The van der Waals surface area contributed by atoms with Gasteiger partial charge in [-0.3, -0.25) is 0 Å². The lowest BCUT2D eigenvalue weighted by molar-refractivity contribution is 0.260. The molecule has 2 aromatic heterocycles. The van der Waals surface area contributed by atoms with Gasteiger partial charge in [-0.25, -0.2) is 0 Å². The van der Waals surface area contributed by atoms with Crippen LogP contribution in [0.3, 0.4) is 0 Å². The molecule has 0 aliphatic carbocycles. The maximum atomic E-state index is 6.47. The van der Waals surface area contributed by atoms with Gasteiger partial charge in [-0.2, -0.15) is 0 Å². The lowest BCUT2D eigenvalue weighted by atomic mass is 10.0. The highest BCUT2D eigenvalue weighted by atomic mass is 16.5. The van der Waals surface area contributed by atoms with Crippen molar-refractivity contribution in [1.82, 2.24) is 4.57 Å². The molecule has 0 bridgehead atoms. The molecule has 9 aromatic rings. The first-order chi connectivity index (χ1) is 23.3. The van der Waals surface area contributed by atoms with E-state index in [2.05, 4.69) is 149 Å². The van der Waals surface area contributed by atoms with Gasteiger partial charge in [0.2, 0.25) is 0 Å². The summed E-state index contributed by atoms with van der Waals surface area (Å²) in [5, 5.41) is 8.29. The lowest BCUT2D eigenvalue weighted by Crippen LogP contribution is -2.09. The van der Waals surface area contributed by atoms with Crippen LogP contribution < -0.4 is 10.1 Å². The number of ether oxygens (including phenoxy) is 1. The summed E-state index contributed by atoms with van der Waals surface area (Å²) in [6, 6.07) is 55.6. The van der Waals surface area contributed by atoms with E-state index in [4.69, 9.17) is 9.15 Å². The third-order valence-electron chi connectivity index (χ3n) is 9.46. The number of rotatable bonds is 4. The predicted octanol–water partition coefficient (Wildman–Crippen LogP) is 11.5. The van der Waals surface area contributed by atoms with E-state index in [0.29, 0.717) is 0 Å². The van der Waals surface area contributed by atoms with Crippen molar-refractivity contribution in [3.8, 4) is 33.7 Å². The van der Waals surface area contributed by atoms with Crippen LogP contribution in [0.2, 0.25) is 0 Å². The van der Waals surface area contributed by atoms with Gasteiger partial charge in [0.15, 0.2) is 6.23 Å². The summed E-state index contributed by atoms with van der Waals surface area (Å²) in [5.41, 5.74) is 12.0. The Morgan fingerprint density at radius 1 is 0.489 bits per heavy atom. The van der Waals surface area contributed by atoms with Crippen molar-refractivity contribution in [2.45, 2.75) is 6.23 Å². The molecule has 222 valence electrons. The molecule has 1 unspecified atom stereocenters. The Hall–Kier alpha value is -6.26. The second-order valence-electron chi connectivity index (χ2n) is 12.2. The monoisotopic (exact) mass is 604 g/mol. The van der Waals surface area contributed by atoms with Crippen molar-refractivity contribution in [2.75, 3.05) is 5.32 Å². The molecule has 1 N–H and O–H groups in total. The first-order valence-electron chi connectivity index (χ1n) is 16.0. The van der Waals surface area contributed by atoms with Crippen LogP contribution in [0.15, 0.2) is 162 Å². The van der Waals surface area contributed by atoms with Crippen molar-refractivity contribution in [3.63, 3.8) is 0 Å². The lowest BCUT2D eigenvalue weighted by Gasteiger charge is -2.13. The van der Waals surface area contributed by atoms with Crippen LogP contribution in [0, 0.1) is 0 Å². The number of fused-ring (bicyclic) bond motifs is 8. The number of benzene rings is 7. The molecule has 0 radical (unpaired) electrons. The van der Waals surface area contributed by atoms with Crippen molar-refractivity contribution in [1.29, 1.82) is 0 Å². The Balaban J connectivity index is 0.991. The summed E-state index contributed by atoms with van der Waals surface area (Å²) < 4.78 is 15.1. The Labute approximate surface area is 271 Å². The van der Waals surface area contributed by atoms with Crippen LogP contribution in [0.1, 0.15) is 11.8 Å². The fourth-order valence-corrected chi connectivity index (χ4v) is 7.20. The van der Waals surface area contributed by atoms with E-state index in [9.17, 15) is 0 Å². The van der Waals surface area contributed by atoms with Crippen LogP contribution in [0.25, 0.3) is 71.7 Å². The molecular formula is C43H28N2O2. The van der Waals surface area contributed by atoms with Crippen LogP contribution in [-0.2, 0) is 0 Å². The quantitative estimate of drug-likeness (QED) is 0.217. The molecule has 4 nitrogen and oxygen atoms in total. The van der Waals surface area contributed by atoms with E-state index in [1.54, 1.807) is 0 Å². The molecule has 1 aliphatic heterocycles. The van der Waals surface area contributed by atoms with Crippen LogP contribution in [0.5, 0.6) is 5.75 Å². The molecule has 0 saturated carbocycles. The molecule has 10 rings (SSSR count). The molecule has 47 heavy (non-hydrogen) atoms. The van der Waals surface area contributed by atoms with Crippen molar-refractivity contribution >= 4 is 49.4 Å². The van der Waals surface area contributed by atoms with Crippen molar-refractivity contribution < 1.29 is 9.15 Å². The Kier molecular flexibility index (Phi) is 5.60. The van der Waals surface area contributed by atoms with E-state index in [0.717, 1.165) is 50.2 Å². The fourth-order valence-electron chi connectivity index (χ4n) is 7.20. The second-order valence-corrected chi connectivity index (χ2v) is 12.2. The number of anilines is 1. The molecule has 4 heteroatoms. The van der Waals surface area contributed by atoms with Crippen LogP contribution >= 0.6 is 0 Å². The molecular weight excluding hydrogens is 576 g/mol.